The van der Waals surface area contributed by atoms with Gasteiger partial charge >= 0.3 is 0 Å². The molecule has 0 atom stereocenters. The van der Waals surface area contributed by atoms with Crippen LogP contribution in [0.1, 0.15) is 41.3 Å². The first-order valence-electron chi connectivity index (χ1n) is 6.97. The lowest BCUT2D eigenvalue weighted by Crippen LogP contribution is -2.36. The van der Waals surface area contributed by atoms with Gasteiger partial charge in [0.15, 0.2) is 0 Å². The lowest BCUT2D eigenvalue weighted by Gasteiger charge is -2.09. The maximum atomic E-state index is 11.8. The minimum Gasteiger partial charge on any atom is -0.508 e. The van der Waals surface area contributed by atoms with E-state index in [0.717, 1.165) is 5.56 Å². The van der Waals surface area contributed by atoms with Crippen molar-refractivity contribution in [1.82, 2.24) is 10.9 Å². The van der Waals surface area contributed by atoms with Crippen LogP contribution < -0.4 is 10.9 Å². The van der Waals surface area contributed by atoms with Crippen LogP contribution in [0.5, 0.6) is 5.75 Å². The predicted molar refractivity (Wildman–Crippen MR) is 82.9 cm³/mol. The molecule has 0 radical (unpaired) electrons. The molecule has 21 heavy (non-hydrogen) atoms. The van der Waals surface area contributed by atoms with Gasteiger partial charge in [0.1, 0.15) is 5.75 Å². The van der Waals surface area contributed by atoms with Gasteiger partial charge in [-0.2, -0.15) is 0 Å². The SMILES string of the molecule is CC(C)c1ccc(CNNC(=O)c2ccc(O)cc2)cc1. The molecule has 0 heterocycles. The smallest absolute Gasteiger partial charge is 0.265 e. The van der Waals surface area contributed by atoms with Gasteiger partial charge in [0.2, 0.25) is 0 Å². The van der Waals surface area contributed by atoms with Crippen LogP contribution in [0, 0.1) is 0 Å². The largest absolute Gasteiger partial charge is 0.508 e. The highest BCUT2D eigenvalue weighted by atomic mass is 16.3. The molecule has 0 aliphatic rings. The number of amides is 1. The highest BCUT2D eigenvalue weighted by Gasteiger charge is 2.04. The van der Waals surface area contributed by atoms with Gasteiger partial charge in [0.25, 0.3) is 5.91 Å². The molecule has 0 saturated carbocycles. The Morgan fingerprint density at radius 3 is 2.24 bits per heavy atom. The van der Waals surface area contributed by atoms with Crippen LogP contribution in [-0.2, 0) is 6.54 Å². The van der Waals surface area contributed by atoms with Gasteiger partial charge in [-0.25, -0.2) is 5.43 Å². The van der Waals surface area contributed by atoms with E-state index in [-0.39, 0.29) is 11.7 Å². The van der Waals surface area contributed by atoms with Crippen molar-refractivity contribution in [2.24, 2.45) is 0 Å². The highest BCUT2D eigenvalue weighted by Crippen LogP contribution is 2.14. The number of nitrogens with one attached hydrogen (secondary N) is 2. The molecular formula is C17H20N2O2. The summed E-state index contributed by atoms with van der Waals surface area (Å²) in [5, 5.41) is 9.18. The fourth-order valence-electron chi connectivity index (χ4n) is 1.93. The molecule has 110 valence electrons. The van der Waals surface area contributed by atoms with Gasteiger partial charge in [-0.15, -0.1) is 0 Å². The van der Waals surface area contributed by atoms with Crippen LogP contribution in [0.4, 0.5) is 0 Å². The lowest BCUT2D eigenvalue weighted by atomic mass is 10.0. The molecule has 2 aromatic rings. The number of hydrazine groups is 1. The van der Waals surface area contributed by atoms with E-state index in [1.165, 1.54) is 17.7 Å². The summed E-state index contributed by atoms with van der Waals surface area (Å²) in [4.78, 5) is 11.8. The van der Waals surface area contributed by atoms with E-state index in [1.807, 2.05) is 0 Å². The first-order valence-corrected chi connectivity index (χ1v) is 6.97. The van der Waals surface area contributed by atoms with Crippen molar-refractivity contribution in [1.29, 1.82) is 0 Å². The first-order chi connectivity index (χ1) is 10.1. The summed E-state index contributed by atoms with van der Waals surface area (Å²) in [5.41, 5.74) is 8.43. The molecule has 0 aromatic heterocycles. The molecule has 1 amide bonds. The monoisotopic (exact) mass is 284 g/mol. The van der Waals surface area contributed by atoms with Crippen LogP contribution in [0.3, 0.4) is 0 Å². The number of benzene rings is 2. The van der Waals surface area contributed by atoms with E-state index in [0.29, 0.717) is 18.0 Å². The third-order valence-electron chi connectivity index (χ3n) is 3.27. The van der Waals surface area contributed by atoms with Crippen molar-refractivity contribution in [3.63, 3.8) is 0 Å². The zero-order valence-electron chi connectivity index (χ0n) is 12.3. The summed E-state index contributed by atoms with van der Waals surface area (Å²) in [6.07, 6.45) is 0. The standard InChI is InChI=1S/C17H20N2O2/c1-12(2)14-5-3-13(4-6-14)11-18-19-17(21)15-7-9-16(20)10-8-15/h3-10,12,18,20H,11H2,1-2H3,(H,19,21). The molecule has 4 nitrogen and oxygen atoms in total. The van der Waals surface area contributed by atoms with E-state index < -0.39 is 0 Å². The van der Waals surface area contributed by atoms with Gasteiger partial charge in [-0.05, 0) is 41.3 Å². The Hall–Kier alpha value is -2.33. The normalized spacial score (nSPS) is 10.6. The number of carbonyl (C=O) groups is 1. The van der Waals surface area contributed by atoms with Crippen LogP contribution in [0.25, 0.3) is 0 Å². The molecule has 0 bridgehead atoms. The van der Waals surface area contributed by atoms with Crippen LogP contribution in [0.2, 0.25) is 0 Å². The van der Waals surface area contributed by atoms with E-state index in [1.54, 1.807) is 12.1 Å². The molecular weight excluding hydrogens is 264 g/mol. The third kappa shape index (κ3) is 4.33. The van der Waals surface area contributed by atoms with Crippen molar-refractivity contribution in [3.8, 4) is 5.75 Å². The zero-order chi connectivity index (χ0) is 15.2. The Labute approximate surface area is 124 Å². The molecule has 0 saturated heterocycles. The van der Waals surface area contributed by atoms with Gasteiger partial charge in [0, 0.05) is 12.1 Å². The Kier molecular flexibility index (Phi) is 4.95. The highest BCUT2D eigenvalue weighted by molar-refractivity contribution is 5.93. The molecule has 0 aliphatic heterocycles. The molecule has 0 fully saturated rings. The van der Waals surface area contributed by atoms with Crippen LogP contribution in [0.15, 0.2) is 48.5 Å². The molecule has 4 heteroatoms. The average Bonchev–Trinajstić information content (AvgIpc) is 2.48. The van der Waals surface area contributed by atoms with Gasteiger partial charge in [-0.3, -0.25) is 10.2 Å². The van der Waals surface area contributed by atoms with Gasteiger partial charge in [0.05, 0.1) is 0 Å². The summed E-state index contributed by atoms with van der Waals surface area (Å²) in [6, 6.07) is 14.4. The number of hydrogen-bond acceptors (Lipinski definition) is 3. The summed E-state index contributed by atoms with van der Waals surface area (Å²) in [7, 11) is 0. The second-order valence-electron chi connectivity index (χ2n) is 5.25. The van der Waals surface area contributed by atoms with Gasteiger partial charge in [-0.1, -0.05) is 38.1 Å². The van der Waals surface area contributed by atoms with Crippen molar-refractivity contribution >= 4 is 5.91 Å². The number of rotatable bonds is 5. The number of phenols is 1. The van der Waals surface area contributed by atoms with Crippen molar-refractivity contribution in [2.45, 2.75) is 26.3 Å². The van der Waals surface area contributed by atoms with E-state index in [4.69, 9.17) is 0 Å². The fraction of sp³-hybridized carbons (Fsp3) is 0.235. The molecule has 2 rings (SSSR count). The summed E-state index contributed by atoms with van der Waals surface area (Å²) < 4.78 is 0. The summed E-state index contributed by atoms with van der Waals surface area (Å²) in [6.45, 7) is 4.87. The van der Waals surface area contributed by atoms with Crippen molar-refractivity contribution in [2.75, 3.05) is 0 Å². The Morgan fingerprint density at radius 2 is 1.67 bits per heavy atom. The number of aromatic hydroxyl groups is 1. The molecule has 2 aromatic carbocycles. The zero-order valence-corrected chi connectivity index (χ0v) is 12.3. The maximum Gasteiger partial charge on any atom is 0.265 e. The van der Waals surface area contributed by atoms with E-state index in [2.05, 4.69) is 49.0 Å². The molecule has 3 N–H and O–H groups in total. The van der Waals surface area contributed by atoms with Crippen LogP contribution >= 0.6 is 0 Å². The summed E-state index contributed by atoms with van der Waals surface area (Å²) in [5.74, 6) is 0.430. The first kappa shape index (κ1) is 15.1. The number of carbonyl (C=O) groups excluding carboxylic acids is 1. The average molecular weight is 284 g/mol. The second-order valence-corrected chi connectivity index (χ2v) is 5.25. The third-order valence-corrected chi connectivity index (χ3v) is 3.27. The molecule has 0 spiro atoms. The second kappa shape index (κ2) is 6.90. The number of phenolic OH excluding ortho intramolecular Hbond substituents is 1. The Morgan fingerprint density at radius 1 is 1.05 bits per heavy atom. The topological polar surface area (TPSA) is 61.4 Å². The molecule has 0 aliphatic carbocycles. The quantitative estimate of drug-likeness (QED) is 0.740. The number of hydrogen-bond donors (Lipinski definition) is 3. The minimum atomic E-state index is -0.228. The minimum absolute atomic E-state index is 0.143. The Balaban J connectivity index is 1.83. The molecule has 0 unspecified atom stereocenters. The van der Waals surface area contributed by atoms with Gasteiger partial charge < -0.3 is 5.11 Å². The van der Waals surface area contributed by atoms with Crippen molar-refractivity contribution in [3.05, 3.63) is 65.2 Å². The van der Waals surface area contributed by atoms with E-state index in [9.17, 15) is 9.90 Å². The van der Waals surface area contributed by atoms with Crippen LogP contribution in [-0.4, -0.2) is 11.0 Å². The maximum absolute atomic E-state index is 11.8. The Bertz CT molecular complexity index is 589. The summed E-state index contributed by atoms with van der Waals surface area (Å²) >= 11 is 0. The predicted octanol–water partition coefficient (Wildman–Crippen LogP) is 2.95. The lowest BCUT2D eigenvalue weighted by molar-refractivity contribution is 0.0932. The van der Waals surface area contributed by atoms with E-state index >= 15 is 0 Å². The van der Waals surface area contributed by atoms with Crippen molar-refractivity contribution < 1.29 is 9.90 Å². The fourth-order valence-corrected chi connectivity index (χ4v) is 1.93.